The van der Waals surface area contributed by atoms with Gasteiger partial charge in [-0.05, 0) is 13.3 Å². The first kappa shape index (κ1) is 13.5. The van der Waals surface area contributed by atoms with E-state index in [1.54, 1.807) is 30.3 Å². The van der Waals surface area contributed by atoms with Crippen LogP contribution < -0.4 is 0 Å². The van der Waals surface area contributed by atoms with Crippen molar-refractivity contribution >= 4 is 17.4 Å². The van der Waals surface area contributed by atoms with Crippen molar-refractivity contribution in [1.29, 1.82) is 0 Å². The van der Waals surface area contributed by atoms with Gasteiger partial charge in [-0.1, -0.05) is 41.9 Å². The molecule has 0 spiro atoms. The number of rotatable bonds is 2. The van der Waals surface area contributed by atoms with E-state index in [0.717, 1.165) is 0 Å². The summed E-state index contributed by atoms with van der Waals surface area (Å²) in [6.45, 7) is 1.52. The average molecular weight is 271 g/mol. The number of ether oxygens (including phenoxy) is 1. The van der Waals surface area contributed by atoms with Gasteiger partial charge in [0.2, 0.25) is 5.25 Å². The lowest BCUT2D eigenvalue weighted by molar-refractivity contribution is -0.239. The topological polar surface area (TPSA) is 66.8 Å². The number of halogens is 1. The summed E-state index contributed by atoms with van der Waals surface area (Å²) in [4.78, 5) is 12.3. The average Bonchev–Trinajstić information content (AvgIpc) is 2.34. The molecule has 1 aliphatic rings. The van der Waals surface area contributed by atoms with Gasteiger partial charge in [-0.25, -0.2) is 0 Å². The minimum Gasteiger partial charge on any atom is -0.379 e. The second-order valence-electron chi connectivity index (χ2n) is 4.57. The van der Waals surface area contributed by atoms with E-state index in [-0.39, 0.29) is 12.8 Å². The van der Waals surface area contributed by atoms with Crippen molar-refractivity contribution in [2.75, 3.05) is 0 Å². The Morgan fingerprint density at radius 3 is 2.50 bits per heavy atom. The van der Waals surface area contributed by atoms with Crippen LogP contribution in [0.25, 0.3) is 0 Å². The smallest absolute Gasteiger partial charge is 0.246 e. The highest BCUT2D eigenvalue weighted by Crippen LogP contribution is 2.37. The van der Waals surface area contributed by atoms with E-state index in [9.17, 15) is 15.0 Å². The second-order valence-corrected chi connectivity index (χ2v) is 5.16. The van der Waals surface area contributed by atoms with Gasteiger partial charge in [0.25, 0.3) is 0 Å². The van der Waals surface area contributed by atoms with Gasteiger partial charge in [0, 0.05) is 12.0 Å². The van der Waals surface area contributed by atoms with Crippen LogP contribution in [0.3, 0.4) is 0 Å². The van der Waals surface area contributed by atoms with Crippen LogP contribution in [0.4, 0.5) is 0 Å². The third-order valence-electron chi connectivity index (χ3n) is 3.27. The van der Waals surface area contributed by atoms with E-state index >= 15 is 0 Å². The maximum Gasteiger partial charge on any atom is 0.246 e. The Morgan fingerprint density at radius 2 is 1.94 bits per heavy atom. The van der Waals surface area contributed by atoms with Gasteiger partial charge in [-0.2, -0.15) is 0 Å². The lowest BCUT2D eigenvalue weighted by Gasteiger charge is -2.41. The van der Waals surface area contributed by atoms with Gasteiger partial charge >= 0.3 is 0 Å². The Balaban J connectivity index is 2.25. The third kappa shape index (κ3) is 2.42. The largest absolute Gasteiger partial charge is 0.379 e. The van der Waals surface area contributed by atoms with Crippen LogP contribution in [0.2, 0.25) is 0 Å². The highest BCUT2D eigenvalue weighted by Gasteiger charge is 2.50. The SMILES string of the molecule is C[C@H]1O[C@@](O)(Cl)CC[C@@]1(O)C(=O)c1ccccc1. The van der Waals surface area contributed by atoms with Gasteiger partial charge < -0.3 is 14.9 Å². The number of Topliss-reactive ketones (excluding diaryl/α,β-unsaturated/α-hetero) is 1. The molecule has 98 valence electrons. The van der Waals surface area contributed by atoms with Crippen molar-refractivity contribution < 1.29 is 19.7 Å². The molecule has 1 saturated heterocycles. The summed E-state index contributed by atoms with van der Waals surface area (Å²) >= 11 is 5.66. The second kappa shape index (κ2) is 4.63. The van der Waals surface area contributed by atoms with Crippen molar-refractivity contribution in [2.45, 2.75) is 36.7 Å². The Bertz CT molecular complexity index is 446. The standard InChI is InChI=1S/C13H15ClO4/c1-9-12(16,7-8-13(14,17)18-9)11(15)10-5-3-2-4-6-10/h2-6,9,16-17H,7-8H2,1H3/t9-,12+,13-/m1/s1. The molecule has 0 aliphatic carbocycles. The first-order valence-electron chi connectivity index (χ1n) is 5.76. The van der Waals surface area contributed by atoms with Gasteiger partial charge in [0.15, 0.2) is 11.4 Å². The highest BCUT2D eigenvalue weighted by atomic mass is 35.5. The molecule has 1 fully saturated rings. The molecule has 0 amide bonds. The summed E-state index contributed by atoms with van der Waals surface area (Å²) in [5, 5.41) is 18.2. The molecule has 18 heavy (non-hydrogen) atoms. The molecule has 0 bridgehead atoms. The van der Waals surface area contributed by atoms with E-state index in [1.807, 2.05) is 0 Å². The molecule has 1 heterocycles. The molecule has 0 saturated carbocycles. The van der Waals surface area contributed by atoms with Crippen LogP contribution in [0.5, 0.6) is 0 Å². The highest BCUT2D eigenvalue weighted by molar-refractivity contribution is 6.21. The van der Waals surface area contributed by atoms with Crippen LogP contribution in [0.1, 0.15) is 30.1 Å². The number of carbonyl (C=O) groups excluding carboxylic acids is 1. The molecule has 0 unspecified atom stereocenters. The van der Waals surface area contributed by atoms with Gasteiger partial charge in [0.05, 0.1) is 6.10 Å². The van der Waals surface area contributed by atoms with Gasteiger partial charge in [-0.15, -0.1) is 0 Å². The molecular formula is C13H15ClO4. The summed E-state index contributed by atoms with van der Waals surface area (Å²) in [6.07, 6.45) is -0.822. The number of benzene rings is 1. The number of alkyl halides is 1. The summed E-state index contributed by atoms with van der Waals surface area (Å²) in [5.41, 5.74) is -1.24. The minimum atomic E-state index is -1.80. The Morgan fingerprint density at radius 1 is 1.33 bits per heavy atom. The van der Waals surface area contributed by atoms with Crippen LogP contribution >= 0.6 is 11.6 Å². The molecule has 1 aromatic rings. The number of hydrogen-bond acceptors (Lipinski definition) is 4. The van der Waals surface area contributed by atoms with Crippen LogP contribution in [-0.4, -0.2) is 32.9 Å². The molecule has 0 radical (unpaired) electrons. The van der Waals surface area contributed by atoms with Gasteiger partial charge in [0.1, 0.15) is 0 Å². The first-order chi connectivity index (χ1) is 8.35. The monoisotopic (exact) mass is 270 g/mol. The summed E-state index contributed by atoms with van der Waals surface area (Å²) < 4.78 is 5.08. The molecule has 5 heteroatoms. The third-order valence-corrected chi connectivity index (χ3v) is 3.55. The van der Waals surface area contributed by atoms with Crippen molar-refractivity contribution in [3.63, 3.8) is 0 Å². The molecule has 1 aliphatic heterocycles. The summed E-state index contributed by atoms with van der Waals surface area (Å²) in [7, 11) is 0. The number of hydrogen-bond donors (Lipinski definition) is 2. The molecular weight excluding hydrogens is 256 g/mol. The van der Waals surface area contributed by atoms with Crippen LogP contribution in [-0.2, 0) is 4.74 Å². The number of aliphatic hydroxyl groups is 2. The van der Waals surface area contributed by atoms with E-state index in [4.69, 9.17) is 16.3 Å². The van der Waals surface area contributed by atoms with E-state index < -0.39 is 22.7 Å². The predicted molar refractivity (Wildman–Crippen MR) is 66.3 cm³/mol. The summed E-state index contributed by atoms with van der Waals surface area (Å²) in [6, 6.07) is 8.51. The predicted octanol–water partition coefficient (Wildman–Crippen LogP) is 1.68. The fraction of sp³-hybridized carbons (Fsp3) is 0.462. The van der Waals surface area contributed by atoms with Crippen LogP contribution in [0.15, 0.2) is 30.3 Å². The van der Waals surface area contributed by atoms with Crippen LogP contribution in [0, 0.1) is 0 Å². The van der Waals surface area contributed by atoms with Crippen molar-refractivity contribution in [2.24, 2.45) is 0 Å². The number of ketones is 1. The van der Waals surface area contributed by atoms with Gasteiger partial charge in [-0.3, -0.25) is 4.79 Å². The fourth-order valence-corrected chi connectivity index (χ4v) is 2.34. The zero-order valence-corrected chi connectivity index (χ0v) is 10.7. The number of carbonyl (C=O) groups is 1. The Labute approximate surface area is 110 Å². The zero-order valence-electron chi connectivity index (χ0n) is 9.97. The lowest BCUT2D eigenvalue weighted by atomic mass is 9.82. The van der Waals surface area contributed by atoms with E-state index in [0.29, 0.717) is 5.56 Å². The maximum absolute atomic E-state index is 12.3. The first-order valence-corrected chi connectivity index (χ1v) is 6.14. The quantitative estimate of drug-likeness (QED) is 0.634. The van der Waals surface area contributed by atoms with E-state index in [1.165, 1.54) is 6.92 Å². The van der Waals surface area contributed by atoms with Crippen molar-refractivity contribution in [3.8, 4) is 0 Å². The molecule has 1 aromatic carbocycles. The minimum absolute atomic E-state index is 0.00598. The normalized spacial score (nSPS) is 36.3. The molecule has 3 atom stereocenters. The molecule has 2 rings (SSSR count). The maximum atomic E-state index is 12.3. The van der Waals surface area contributed by atoms with E-state index in [2.05, 4.69) is 0 Å². The van der Waals surface area contributed by atoms with Crippen molar-refractivity contribution in [1.82, 2.24) is 0 Å². The molecule has 4 nitrogen and oxygen atoms in total. The Hall–Kier alpha value is -0.940. The fourth-order valence-electron chi connectivity index (χ4n) is 2.11. The zero-order chi connectivity index (χ0) is 13.4. The Kier molecular flexibility index (Phi) is 3.47. The summed E-state index contributed by atoms with van der Waals surface area (Å²) in [5.74, 6) is -0.414. The lowest BCUT2D eigenvalue weighted by Crippen LogP contribution is -2.56. The molecule has 0 aromatic heterocycles. The molecule has 2 N–H and O–H groups in total. The van der Waals surface area contributed by atoms with Crippen molar-refractivity contribution in [3.05, 3.63) is 35.9 Å².